The molecule has 1 aliphatic rings. The Labute approximate surface area is 169 Å². The van der Waals surface area contributed by atoms with Gasteiger partial charge in [0.1, 0.15) is 35.6 Å². The Morgan fingerprint density at radius 1 is 1.47 bits per heavy atom. The van der Waals surface area contributed by atoms with Crippen molar-refractivity contribution in [2.24, 2.45) is 0 Å². The SMILES string of the molecule is COC(=O)C#Cc1cn(C2OC(COP(=O)(O)O)C(O)[C@@]2(C)O)c2ncnc(N)c12. The number of hydrogen-bond donors (Lipinski definition) is 5. The van der Waals surface area contributed by atoms with Gasteiger partial charge in [-0.05, 0) is 6.92 Å². The first-order valence-electron chi connectivity index (χ1n) is 8.42. The highest BCUT2D eigenvalue weighted by Crippen LogP contribution is 2.43. The van der Waals surface area contributed by atoms with Gasteiger partial charge in [-0.2, -0.15) is 0 Å². The number of fused-ring (bicyclic) bond motifs is 1. The number of carbonyl (C=O) groups excluding carboxylic acids is 1. The number of aromatic nitrogens is 3. The Hall–Kier alpha value is -2.56. The van der Waals surface area contributed by atoms with Gasteiger partial charge in [-0.3, -0.25) is 4.52 Å². The number of hydrogen-bond acceptors (Lipinski definition) is 10. The number of anilines is 1. The number of aliphatic hydroxyl groups is 2. The fourth-order valence-electron chi connectivity index (χ4n) is 3.10. The Balaban J connectivity index is 2.05. The van der Waals surface area contributed by atoms with Gasteiger partial charge in [-0.25, -0.2) is 19.3 Å². The lowest BCUT2D eigenvalue weighted by molar-refractivity contribution is -0.133. The van der Waals surface area contributed by atoms with Crippen molar-refractivity contribution in [3.05, 3.63) is 18.1 Å². The summed E-state index contributed by atoms with van der Waals surface area (Å²) in [5, 5.41) is 21.5. The molecule has 6 N–H and O–H groups in total. The Kier molecular flexibility index (Phi) is 5.85. The van der Waals surface area contributed by atoms with Crippen molar-refractivity contribution >= 4 is 30.6 Å². The van der Waals surface area contributed by atoms with Crippen LogP contribution in [0, 0.1) is 11.8 Å². The molecule has 14 heteroatoms. The lowest BCUT2D eigenvalue weighted by Crippen LogP contribution is -2.44. The maximum Gasteiger partial charge on any atom is 0.469 e. The molecule has 0 bridgehead atoms. The summed E-state index contributed by atoms with van der Waals surface area (Å²) in [6, 6.07) is 0. The van der Waals surface area contributed by atoms with Gasteiger partial charge in [0.15, 0.2) is 6.23 Å². The van der Waals surface area contributed by atoms with E-state index in [0.717, 1.165) is 0 Å². The summed E-state index contributed by atoms with van der Waals surface area (Å²) in [5.74, 6) is 4.09. The molecule has 0 aromatic carbocycles. The first-order valence-corrected chi connectivity index (χ1v) is 9.95. The molecule has 1 fully saturated rings. The lowest BCUT2D eigenvalue weighted by atomic mass is 9.96. The van der Waals surface area contributed by atoms with E-state index in [0.29, 0.717) is 0 Å². The Bertz CT molecular complexity index is 1080. The number of nitrogens with two attached hydrogens (primary N) is 1. The van der Waals surface area contributed by atoms with Gasteiger partial charge in [-0.15, -0.1) is 0 Å². The summed E-state index contributed by atoms with van der Waals surface area (Å²) in [6.07, 6.45) is -1.53. The van der Waals surface area contributed by atoms with Crippen LogP contribution in [0.3, 0.4) is 0 Å². The van der Waals surface area contributed by atoms with Gasteiger partial charge >= 0.3 is 13.8 Å². The van der Waals surface area contributed by atoms with Gasteiger partial charge in [0.2, 0.25) is 0 Å². The van der Waals surface area contributed by atoms with E-state index < -0.39 is 44.4 Å². The molecule has 0 aliphatic carbocycles. The van der Waals surface area contributed by atoms with E-state index in [1.165, 1.54) is 31.1 Å². The summed E-state index contributed by atoms with van der Waals surface area (Å²) in [6.45, 7) is 0.597. The number of rotatable bonds is 4. The largest absolute Gasteiger partial charge is 0.469 e. The highest BCUT2D eigenvalue weighted by molar-refractivity contribution is 7.46. The predicted molar refractivity (Wildman–Crippen MR) is 99.4 cm³/mol. The number of methoxy groups -OCH3 is 1. The van der Waals surface area contributed by atoms with Crippen molar-refractivity contribution in [3.63, 3.8) is 0 Å². The molecular weight excluding hydrogens is 423 g/mol. The molecule has 3 rings (SSSR count). The molecule has 1 aliphatic heterocycles. The molecule has 162 valence electrons. The molecule has 3 unspecified atom stereocenters. The zero-order valence-corrected chi connectivity index (χ0v) is 16.7. The summed E-state index contributed by atoms with van der Waals surface area (Å²) in [4.78, 5) is 37.1. The molecule has 2 aromatic rings. The van der Waals surface area contributed by atoms with Crippen LogP contribution in [0.1, 0.15) is 18.7 Å². The number of nitrogen functional groups attached to an aromatic ring is 1. The van der Waals surface area contributed by atoms with Crippen molar-refractivity contribution in [1.29, 1.82) is 0 Å². The Morgan fingerprint density at radius 2 is 2.17 bits per heavy atom. The number of phosphoric acid groups is 1. The van der Waals surface area contributed by atoms with Crippen molar-refractivity contribution < 1.29 is 43.4 Å². The maximum atomic E-state index is 11.4. The third kappa shape index (κ3) is 4.16. The smallest absolute Gasteiger partial charge is 0.459 e. The Morgan fingerprint density at radius 3 is 2.80 bits per heavy atom. The average Bonchev–Trinajstić information content (AvgIpc) is 3.14. The average molecular weight is 442 g/mol. The minimum atomic E-state index is -4.82. The lowest BCUT2D eigenvalue weighted by Gasteiger charge is -2.27. The quantitative estimate of drug-likeness (QED) is 0.212. The number of aliphatic hydroxyl groups excluding tert-OH is 1. The van der Waals surface area contributed by atoms with Crippen LogP contribution in [-0.4, -0.2) is 72.0 Å². The minimum absolute atomic E-state index is 0.0486. The van der Waals surface area contributed by atoms with E-state index in [-0.39, 0.29) is 22.4 Å². The molecule has 30 heavy (non-hydrogen) atoms. The van der Waals surface area contributed by atoms with Gasteiger partial charge in [0, 0.05) is 12.1 Å². The van der Waals surface area contributed by atoms with Crippen LogP contribution in [-0.2, 0) is 23.4 Å². The molecule has 13 nitrogen and oxygen atoms in total. The second-order valence-electron chi connectivity index (χ2n) is 6.63. The van der Waals surface area contributed by atoms with Crippen molar-refractivity contribution in [1.82, 2.24) is 14.5 Å². The fourth-order valence-corrected chi connectivity index (χ4v) is 3.44. The van der Waals surface area contributed by atoms with Gasteiger partial charge in [-0.1, -0.05) is 5.92 Å². The summed E-state index contributed by atoms with van der Waals surface area (Å²) in [5.41, 5.74) is 4.42. The van der Waals surface area contributed by atoms with E-state index in [2.05, 4.69) is 31.1 Å². The highest BCUT2D eigenvalue weighted by Gasteiger charge is 2.54. The minimum Gasteiger partial charge on any atom is -0.459 e. The molecule has 0 spiro atoms. The van der Waals surface area contributed by atoms with Crippen LogP contribution in [0.5, 0.6) is 0 Å². The van der Waals surface area contributed by atoms with Crippen LogP contribution < -0.4 is 5.73 Å². The number of ether oxygens (including phenoxy) is 2. The second-order valence-corrected chi connectivity index (χ2v) is 7.87. The molecule has 0 saturated carbocycles. The van der Waals surface area contributed by atoms with E-state index >= 15 is 0 Å². The molecule has 3 heterocycles. The highest BCUT2D eigenvalue weighted by atomic mass is 31.2. The topological polar surface area (TPSA) is 199 Å². The number of esters is 1. The molecule has 4 atom stereocenters. The van der Waals surface area contributed by atoms with Crippen LogP contribution in [0.15, 0.2) is 12.5 Å². The fraction of sp³-hybridized carbons (Fsp3) is 0.438. The number of phosphoric ester groups is 1. The summed E-state index contributed by atoms with van der Waals surface area (Å²) >= 11 is 0. The zero-order valence-electron chi connectivity index (χ0n) is 15.8. The number of nitrogens with zero attached hydrogens (tertiary/aromatic N) is 3. The van der Waals surface area contributed by atoms with Crippen LogP contribution >= 0.6 is 7.82 Å². The van der Waals surface area contributed by atoms with Gasteiger partial charge in [0.05, 0.1) is 24.7 Å². The van der Waals surface area contributed by atoms with Gasteiger partial charge in [0.25, 0.3) is 0 Å². The van der Waals surface area contributed by atoms with E-state index in [1.54, 1.807) is 0 Å². The molecule has 1 saturated heterocycles. The second kappa shape index (κ2) is 7.93. The van der Waals surface area contributed by atoms with E-state index in [4.69, 9.17) is 20.3 Å². The van der Waals surface area contributed by atoms with E-state index in [1.807, 2.05) is 0 Å². The van der Waals surface area contributed by atoms with Crippen LogP contribution in [0.25, 0.3) is 11.0 Å². The standard InChI is InChI=1S/C16H19N4O9P/c1-16(23)12(22)9(6-28-30(24,25)26)29-15(16)20-5-8(3-4-10(21)27-2)11-13(17)18-7-19-14(11)20/h5,7,9,12,15,22-23H,6H2,1-2H3,(H2,17,18,19)(H2,24,25,26)/t9?,12?,15?,16-/m1/s1. The molecule has 0 amide bonds. The van der Waals surface area contributed by atoms with Crippen LogP contribution in [0.2, 0.25) is 0 Å². The predicted octanol–water partition coefficient (Wildman–Crippen LogP) is -1.34. The monoisotopic (exact) mass is 442 g/mol. The van der Waals surface area contributed by atoms with Crippen LogP contribution in [0.4, 0.5) is 5.82 Å². The zero-order chi connectivity index (χ0) is 22.3. The van der Waals surface area contributed by atoms with Crippen molar-refractivity contribution in [2.45, 2.75) is 31.0 Å². The van der Waals surface area contributed by atoms with Crippen molar-refractivity contribution in [2.75, 3.05) is 19.5 Å². The van der Waals surface area contributed by atoms with Crippen molar-refractivity contribution in [3.8, 4) is 11.8 Å². The molecule has 0 radical (unpaired) electrons. The summed E-state index contributed by atoms with van der Waals surface area (Å²) in [7, 11) is -3.65. The third-order valence-electron chi connectivity index (χ3n) is 4.54. The maximum absolute atomic E-state index is 11.4. The summed E-state index contributed by atoms with van der Waals surface area (Å²) < 4.78 is 26.8. The normalized spacial score (nSPS) is 26.4. The molecule has 2 aromatic heterocycles. The van der Waals surface area contributed by atoms with Gasteiger partial charge < -0.3 is 39.8 Å². The molecular formula is C16H19N4O9P. The third-order valence-corrected chi connectivity index (χ3v) is 5.02. The first-order chi connectivity index (χ1) is 14.0. The number of carbonyl (C=O) groups is 1. The first kappa shape index (κ1) is 22.1. The van der Waals surface area contributed by atoms with E-state index in [9.17, 15) is 19.6 Å².